The van der Waals surface area contributed by atoms with Crippen molar-refractivity contribution in [3.05, 3.63) is 101 Å². The van der Waals surface area contributed by atoms with Crippen molar-refractivity contribution in [2.24, 2.45) is 5.92 Å². The Morgan fingerprint density at radius 3 is 2.12 bits per heavy atom. The zero-order valence-corrected chi connectivity index (χ0v) is 19.9. The second-order valence-corrected chi connectivity index (χ2v) is 8.84. The minimum absolute atomic E-state index is 0.220. The molecule has 5 nitrogen and oxygen atoms in total. The fourth-order valence-electron chi connectivity index (χ4n) is 3.82. The summed E-state index contributed by atoms with van der Waals surface area (Å²) in [6, 6.07) is 24.8. The first kappa shape index (κ1) is 23.3. The smallest absolute Gasteiger partial charge is 0.278 e. The normalized spacial score (nSPS) is 13.7. The number of hydrogen-bond donors (Lipinski definition) is 1. The molecule has 5 heteroatoms. The highest BCUT2D eigenvalue weighted by molar-refractivity contribution is 6.36. The average Bonchev–Trinajstić information content (AvgIpc) is 3.08. The van der Waals surface area contributed by atoms with Crippen molar-refractivity contribution < 1.29 is 14.3 Å². The summed E-state index contributed by atoms with van der Waals surface area (Å²) in [5, 5.41) is 3.23. The highest BCUT2D eigenvalue weighted by Gasteiger charge is 2.39. The highest BCUT2D eigenvalue weighted by Crippen LogP contribution is 2.32. The van der Waals surface area contributed by atoms with E-state index in [-0.39, 0.29) is 18.4 Å². The van der Waals surface area contributed by atoms with Gasteiger partial charge in [-0.1, -0.05) is 75.4 Å². The van der Waals surface area contributed by atoms with Gasteiger partial charge in [0.15, 0.2) is 0 Å². The van der Waals surface area contributed by atoms with E-state index in [9.17, 15) is 9.59 Å². The van der Waals surface area contributed by atoms with Crippen LogP contribution in [0.25, 0.3) is 5.57 Å². The van der Waals surface area contributed by atoms with Crippen LogP contribution in [0.2, 0.25) is 0 Å². The van der Waals surface area contributed by atoms with Crippen LogP contribution in [-0.4, -0.2) is 23.3 Å². The Bertz CT molecular complexity index is 1180. The number of nitrogens with one attached hydrogen (secondary N) is 1. The highest BCUT2D eigenvalue weighted by atomic mass is 16.5. The third-order valence-electron chi connectivity index (χ3n) is 5.71. The first-order valence-corrected chi connectivity index (χ1v) is 11.7. The van der Waals surface area contributed by atoms with Crippen LogP contribution in [0.3, 0.4) is 0 Å². The van der Waals surface area contributed by atoms with E-state index in [4.69, 9.17) is 4.74 Å². The summed E-state index contributed by atoms with van der Waals surface area (Å²) in [6.07, 6.45) is 0.932. The van der Waals surface area contributed by atoms with E-state index in [1.165, 1.54) is 10.5 Å². The van der Waals surface area contributed by atoms with Crippen LogP contribution in [0.1, 0.15) is 37.5 Å². The molecule has 0 aliphatic carbocycles. The molecule has 34 heavy (non-hydrogen) atoms. The van der Waals surface area contributed by atoms with E-state index in [1.54, 1.807) is 0 Å². The molecule has 1 aliphatic heterocycles. The Labute approximate surface area is 201 Å². The third kappa shape index (κ3) is 5.20. The Kier molecular flexibility index (Phi) is 7.12. The van der Waals surface area contributed by atoms with Crippen molar-refractivity contribution in [2.45, 2.75) is 33.7 Å². The number of amides is 2. The van der Waals surface area contributed by atoms with E-state index in [0.717, 1.165) is 23.4 Å². The Morgan fingerprint density at radius 1 is 0.824 bits per heavy atom. The predicted octanol–water partition coefficient (Wildman–Crippen LogP) is 5.68. The number of carbonyl (C=O) groups is 2. The molecular weight excluding hydrogens is 424 g/mol. The monoisotopic (exact) mass is 454 g/mol. The lowest BCUT2D eigenvalue weighted by Crippen LogP contribution is -2.31. The zero-order valence-electron chi connectivity index (χ0n) is 19.9. The molecule has 0 bridgehead atoms. The van der Waals surface area contributed by atoms with Crippen LogP contribution < -0.4 is 10.1 Å². The Balaban J connectivity index is 1.67. The van der Waals surface area contributed by atoms with Gasteiger partial charge in [-0.15, -0.1) is 0 Å². The van der Waals surface area contributed by atoms with Gasteiger partial charge in [-0.05, 0) is 53.3 Å². The van der Waals surface area contributed by atoms with Crippen molar-refractivity contribution in [3.63, 3.8) is 0 Å². The third-order valence-corrected chi connectivity index (χ3v) is 5.71. The lowest BCUT2D eigenvalue weighted by atomic mass is 10.0. The van der Waals surface area contributed by atoms with Gasteiger partial charge < -0.3 is 10.1 Å². The number of rotatable bonds is 9. The molecule has 3 aromatic rings. The average molecular weight is 455 g/mol. The molecule has 0 saturated heterocycles. The largest absolute Gasteiger partial charge is 0.493 e. The summed E-state index contributed by atoms with van der Waals surface area (Å²) >= 11 is 0. The number of benzene rings is 3. The number of hydrogen-bond acceptors (Lipinski definition) is 4. The van der Waals surface area contributed by atoms with Crippen molar-refractivity contribution in [1.29, 1.82) is 0 Å². The van der Waals surface area contributed by atoms with Crippen LogP contribution >= 0.6 is 0 Å². The summed E-state index contributed by atoms with van der Waals surface area (Å²) in [6.45, 7) is 7.11. The molecule has 2 amide bonds. The standard InChI is InChI=1S/C29H30N2O3/c1-4-21-10-14-24(15-11-21)30-27-26(23-12-16-25(17-13-23)34-19-20(2)3)28(32)31(29(27)33)18-22-8-6-5-7-9-22/h5-17,20,30H,4,18-19H2,1-3H3. The molecule has 1 heterocycles. The molecule has 1 N–H and O–H groups in total. The van der Waals surface area contributed by atoms with Gasteiger partial charge in [0.25, 0.3) is 11.8 Å². The van der Waals surface area contributed by atoms with Gasteiger partial charge in [-0.3, -0.25) is 14.5 Å². The minimum atomic E-state index is -0.330. The zero-order chi connectivity index (χ0) is 24.1. The molecule has 0 spiro atoms. The summed E-state index contributed by atoms with van der Waals surface area (Å²) < 4.78 is 5.78. The summed E-state index contributed by atoms with van der Waals surface area (Å²) in [5.41, 5.74) is 4.21. The first-order chi connectivity index (χ1) is 16.5. The van der Waals surface area contributed by atoms with E-state index >= 15 is 0 Å². The minimum Gasteiger partial charge on any atom is -0.493 e. The van der Waals surface area contributed by atoms with Crippen LogP contribution in [0.5, 0.6) is 5.75 Å². The van der Waals surface area contributed by atoms with Gasteiger partial charge in [0.05, 0.1) is 18.7 Å². The number of imide groups is 1. The van der Waals surface area contributed by atoms with E-state index in [2.05, 4.69) is 26.1 Å². The second-order valence-electron chi connectivity index (χ2n) is 8.84. The molecule has 0 atom stereocenters. The van der Waals surface area contributed by atoms with Crippen LogP contribution in [0.15, 0.2) is 84.6 Å². The summed E-state index contributed by atoms with van der Waals surface area (Å²) in [7, 11) is 0. The lowest BCUT2D eigenvalue weighted by molar-refractivity contribution is -0.137. The number of nitrogens with zero attached hydrogens (tertiary/aromatic N) is 1. The van der Waals surface area contributed by atoms with Crippen molar-refractivity contribution in [2.75, 3.05) is 11.9 Å². The van der Waals surface area contributed by atoms with E-state index in [0.29, 0.717) is 29.4 Å². The number of aryl methyl sites for hydroxylation is 1. The molecule has 0 unspecified atom stereocenters. The summed E-state index contributed by atoms with van der Waals surface area (Å²) in [5.74, 6) is 0.513. The van der Waals surface area contributed by atoms with Crippen LogP contribution in [0.4, 0.5) is 5.69 Å². The topological polar surface area (TPSA) is 58.6 Å². The fraction of sp³-hybridized carbons (Fsp3) is 0.241. The number of ether oxygens (including phenoxy) is 1. The maximum absolute atomic E-state index is 13.5. The lowest BCUT2D eigenvalue weighted by Gasteiger charge is -2.15. The number of carbonyl (C=O) groups excluding carboxylic acids is 2. The summed E-state index contributed by atoms with van der Waals surface area (Å²) in [4.78, 5) is 28.2. The van der Waals surface area contributed by atoms with Crippen molar-refractivity contribution in [3.8, 4) is 5.75 Å². The van der Waals surface area contributed by atoms with Gasteiger partial charge >= 0.3 is 0 Å². The molecular formula is C29H30N2O3. The Hall–Kier alpha value is -3.86. The van der Waals surface area contributed by atoms with Crippen molar-refractivity contribution >= 4 is 23.1 Å². The molecule has 4 rings (SSSR count). The molecule has 0 fully saturated rings. The molecule has 0 aromatic heterocycles. The molecule has 0 radical (unpaired) electrons. The SMILES string of the molecule is CCc1ccc(NC2=C(c3ccc(OCC(C)C)cc3)C(=O)N(Cc3ccccc3)C2=O)cc1. The quantitative estimate of drug-likeness (QED) is 0.423. The fourth-order valence-corrected chi connectivity index (χ4v) is 3.82. The molecule has 3 aromatic carbocycles. The predicted molar refractivity (Wildman–Crippen MR) is 135 cm³/mol. The van der Waals surface area contributed by atoms with Crippen LogP contribution in [0, 0.1) is 5.92 Å². The maximum atomic E-state index is 13.5. The second kappa shape index (κ2) is 10.4. The maximum Gasteiger partial charge on any atom is 0.278 e. The van der Waals surface area contributed by atoms with Gasteiger partial charge in [0, 0.05) is 5.69 Å². The molecule has 174 valence electrons. The Morgan fingerprint density at radius 2 is 1.50 bits per heavy atom. The van der Waals surface area contributed by atoms with Gasteiger partial charge in [-0.2, -0.15) is 0 Å². The molecule has 0 saturated carbocycles. The van der Waals surface area contributed by atoms with E-state index < -0.39 is 0 Å². The van der Waals surface area contributed by atoms with Crippen molar-refractivity contribution in [1.82, 2.24) is 4.90 Å². The van der Waals surface area contributed by atoms with Gasteiger partial charge in [0.1, 0.15) is 11.4 Å². The first-order valence-electron chi connectivity index (χ1n) is 11.7. The van der Waals surface area contributed by atoms with Gasteiger partial charge in [-0.25, -0.2) is 0 Å². The number of anilines is 1. The van der Waals surface area contributed by atoms with Crippen LogP contribution in [-0.2, 0) is 22.6 Å². The van der Waals surface area contributed by atoms with Gasteiger partial charge in [0.2, 0.25) is 0 Å². The molecule has 1 aliphatic rings. The van der Waals surface area contributed by atoms with E-state index in [1.807, 2.05) is 78.9 Å².